The van der Waals surface area contributed by atoms with Gasteiger partial charge in [0.1, 0.15) is 0 Å². The van der Waals surface area contributed by atoms with Gasteiger partial charge in [0.15, 0.2) is 5.84 Å². The predicted octanol–water partition coefficient (Wildman–Crippen LogP) is 0.921. The lowest BCUT2D eigenvalue weighted by atomic mass is 10.1. The first-order valence-corrected chi connectivity index (χ1v) is 5.57. The molecule has 0 saturated heterocycles. The lowest BCUT2D eigenvalue weighted by Gasteiger charge is -2.04. The minimum Gasteiger partial charge on any atom is -0.409 e. The Bertz CT molecular complexity index is 436. The molecular weight excluding hydrogens is 218 g/mol. The summed E-state index contributed by atoms with van der Waals surface area (Å²) in [6.45, 7) is 0.751. The molecule has 1 saturated carbocycles. The van der Waals surface area contributed by atoms with Crippen molar-refractivity contribution >= 4 is 11.7 Å². The fourth-order valence-corrected chi connectivity index (χ4v) is 1.51. The highest BCUT2D eigenvalue weighted by atomic mass is 16.4. The Hall–Kier alpha value is -2.04. The summed E-state index contributed by atoms with van der Waals surface area (Å²) in [7, 11) is 0. The Balaban J connectivity index is 1.98. The number of nitrogens with zero attached hydrogens (tertiary/aromatic N) is 1. The standard InChI is InChI=1S/C12H15N3O2/c13-11(15-17)9-3-5-10(6-4-9)12(16)14-7-8-1-2-8/h3-6,8,17H,1-2,7H2,(H2,13,15)(H,14,16). The predicted molar refractivity (Wildman–Crippen MR) is 64.0 cm³/mol. The zero-order valence-corrected chi connectivity index (χ0v) is 9.39. The van der Waals surface area contributed by atoms with Gasteiger partial charge in [-0.25, -0.2) is 0 Å². The summed E-state index contributed by atoms with van der Waals surface area (Å²) >= 11 is 0. The average molecular weight is 233 g/mol. The molecule has 0 aromatic heterocycles. The molecule has 1 amide bonds. The number of amidine groups is 1. The number of nitrogens with two attached hydrogens (primary N) is 1. The fourth-order valence-electron chi connectivity index (χ4n) is 1.51. The van der Waals surface area contributed by atoms with E-state index in [1.165, 1.54) is 12.8 Å². The molecule has 0 heterocycles. The van der Waals surface area contributed by atoms with Crippen LogP contribution in [0.15, 0.2) is 29.4 Å². The second-order valence-corrected chi connectivity index (χ2v) is 4.22. The van der Waals surface area contributed by atoms with Crippen LogP contribution < -0.4 is 11.1 Å². The van der Waals surface area contributed by atoms with Gasteiger partial charge >= 0.3 is 0 Å². The Morgan fingerprint density at radius 3 is 2.47 bits per heavy atom. The van der Waals surface area contributed by atoms with E-state index in [4.69, 9.17) is 10.9 Å². The van der Waals surface area contributed by atoms with Crippen molar-refractivity contribution in [3.8, 4) is 0 Å². The fraction of sp³-hybridized carbons (Fsp3) is 0.333. The van der Waals surface area contributed by atoms with E-state index in [1.807, 2.05) is 0 Å². The Kier molecular flexibility index (Phi) is 3.27. The molecule has 4 N–H and O–H groups in total. The maximum atomic E-state index is 11.7. The van der Waals surface area contributed by atoms with Crippen LogP contribution in [-0.2, 0) is 0 Å². The van der Waals surface area contributed by atoms with Crippen LogP contribution in [0.1, 0.15) is 28.8 Å². The maximum Gasteiger partial charge on any atom is 0.251 e. The lowest BCUT2D eigenvalue weighted by Crippen LogP contribution is -2.25. The number of benzene rings is 1. The highest BCUT2D eigenvalue weighted by Gasteiger charge is 2.21. The van der Waals surface area contributed by atoms with Crippen LogP contribution in [-0.4, -0.2) is 23.5 Å². The Labute approximate surface area is 99.3 Å². The topological polar surface area (TPSA) is 87.7 Å². The third kappa shape index (κ3) is 2.96. The summed E-state index contributed by atoms with van der Waals surface area (Å²) in [5.41, 5.74) is 6.60. The van der Waals surface area contributed by atoms with Gasteiger partial charge in [0.05, 0.1) is 0 Å². The molecule has 2 rings (SSSR count). The number of rotatable bonds is 4. The van der Waals surface area contributed by atoms with Gasteiger partial charge in [-0.15, -0.1) is 0 Å². The summed E-state index contributed by atoms with van der Waals surface area (Å²) < 4.78 is 0. The molecule has 0 aliphatic heterocycles. The lowest BCUT2D eigenvalue weighted by molar-refractivity contribution is 0.0952. The van der Waals surface area contributed by atoms with Gasteiger partial charge in [0.25, 0.3) is 5.91 Å². The quantitative estimate of drug-likeness (QED) is 0.313. The maximum absolute atomic E-state index is 11.7. The van der Waals surface area contributed by atoms with Gasteiger partial charge in [0, 0.05) is 17.7 Å². The number of amides is 1. The highest BCUT2D eigenvalue weighted by Crippen LogP contribution is 2.27. The average Bonchev–Trinajstić information content (AvgIpc) is 3.19. The zero-order chi connectivity index (χ0) is 12.3. The van der Waals surface area contributed by atoms with Crippen LogP contribution in [0.5, 0.6) is 0 Å². The second kappa shape index (κ2) is 4.86. The van der Waals surface area contributed by atoms with E-state index in [2.05, 4.69) is 10.5 Å². The van der Waals surface area contributed by atoms with E-state index >= 15 is 0 Å². The molecule has 0 unspecified atom stereocenters. The van der Waals surface area contributed by atoms with E-state index in [9.17, 15) is 4.79 Å². The largest absolute Gasteiger partial charge is 0.409 e. The summed E-state index contributed by atoms with van der Waals surface area (Å²) in [4.78, 5) is 11.7. The van der Waals surface area contributed by atoms with Crippen LogP contribution in [0, 0.1) is 5.92 Å². The molecule has 90 valence electrons. The monoisotopic (exact) mass is 233 g/mol. The van der Waals surface area contributed by atoms with E-state index in [0.29, 0.717) is 17.0 Å². The first-order valence-electron chi connectivity index (χ1n) is 5.57. The van der Waals surface area contributed by atoms with E-state index < -0.39 is 0 Å². The molecule has 1 aromatic carbocycles. The Morgan fingerprint density at radius 1 is 1.35 bits per heavy atom. The zero-order valence-electron chi connectivity index (χ0n) is 9.39. The number of hydrogen-bond acceptors (Lipinski definition) is 3. The molecule has 0 atom stereocenters. The minimum atomic E-state index is -0.0806. The molecule has 0 spiro atoms. The van der Waals surface area contributed by atoms with Crippen molar-refractivity contribution in [3.05, 3.63) is 35.4 Å². The van der Waals surface area contributed by atoms with Crippen LogP contribution in [0.3, 0.4) is 0 Å². The molecule has 0 bridgehead atoms. The molecule has 1 fully saturated rings. The summed E-state index contributed by atoms with van der Waals surface area (Å²) in [5.74, 6) is 0.619. The third-order valence-corrected chi connectivity index (χ3v) is 2.80. The van der Waals surface area contributed by atoms with Crippen molar-refractivity contribution in [2.45, 2.75) is 12.8 Å². The SMILES string of the molecule is N/C(=N\O)c1ccc(C(=O)NCC2CC2)cc1. The normalized spacial score (nSPS) is 15.6. The molecular formula is C12H15N3O2. The van der Waals surface area contributed by atoms with Gasteiger partial charge in [0.2, 0.25) is 0 Å². The van der Waals surface area contributed by atoms with Crippen molar-refractivity contribution in [1.82, 2.24) is 5.32 Å². The van der Waals surface area contributed by atoms with Crippen LogP contribution >= 0.6 is 0 Å². The number of nitrogens with one attached hydrogen (secondary N) is 1. The van der Waals surface area contributed by atoms with Crippen molar-refractivity contribution < 1.29 is 10.0 Å². The smallest absolute Gasteiger partial charge is 0.251 e. The number of oxime groups is 1. The van der Waals surface area contributed by atoms with Crippen LogP contribution in [0.4, 0.5) is 0 Å². The van der Waals surface area contributed by atoms with E-state index in [0.717, 1.165) is 6.54 Å². The number of hydrogen-bond donors (Lipinski definition) is 3. The van der Waals surface area contributed by atoms with Crippen molar-refractivity contribution in [1.29, 1.82) is 0 Å². The van der Waals surface area contributed by atoms with Crippen molar-refractivity contribution in [3.63, 3.8) is 0 Å². The molecule has 5 heteroatoms. The van der Waals surface area contributed by atoms with Crippen molar-refractivity contribution in [2.75, 3.05) is 6.54 Å². The van der Waals surface area contributed by atoms with E-state index in [1.54, 1.807) is 24.3 Å². The van der Waals surface area contributed by atoms with Gasteiger partial charge in [-0.05, 0) is 30.9 Å². The molecule has 1 aliphatic rings. The van der Waals surface area contributed by atoms with Gasteiger partial charge in [-0.3, -0.25) is 4.79 Å². The minimum absolute atomic E-state index is 0.0370. The van der Waals surface area contributed by atoms with E-state index in [-0.39, 0.29) is 11.7 Å². The number of carbonyl (C=O) groups excluding carboxylic acids is 1. The molecule has 0 radical (unpaired) electrons. The highest BCUT2D eigenvalue weighted by molar-refractivity contribution is 5.99. The van der Waals surface area contributed by atoms with Crippen LogP contribution in [0.25, 0.3) is 0 Å². The summed E-state index contributed by atoms with van der Waals surface area (Å²) in [6, 6.07) is 6.63. The van der Waals surface area contributed by atoms with Crippen LogP contribution in [0.2, 0.25) is 0 Å². The first-order chi connectivity index (χ1) is 8.20. The molecule has 1 aliphatic carbocycles. The van der Waals surface area contributed by atoms with Gasteiger partial charge in [-0.1, -0.05) is 17.3 Å². The second-order valence-electron chi connectivity index (χ2n) is 4.22. The third-order valence-electron chi connectivity index (χ3n) is 2.80. The Morgan fingerprint density at radius 2 is 1.94 bits per heavy atom. The van der Waals surface area contributed by atoms with Gasteiger partial charge in [-0.2, -0.15) is 0 Å². The van der Waals surface area contributed by atoms with Gasteiger partial charge < -0.3 is 16.3 Å². The molecule has 1 aromatic rings. The summed E-state index contributed by atoms with van der Waals surface area (Å²) in [5, 5.41) is 14.3. The van der Waals surface area contributed by atoms with Crippen molar-refractivity contribution in [2.24, 2.45) is 16.8 Å². The molecule has 5 nitrogen and oxygen atoms in total. The first kappa shape index (κ1) is 11.4. The summed E-state index contributed by atoms with van der Waals surface area (Å²) in [6.07, 6.45) is 2.42. The molecule has 17 heavy (non-hydrogen) atoms. The number of carbonyl (C=O) groups is 1.